The predicted octanol–water partition coefficient (Wildman–Crippen LogP) is 3.46. The first-order chi connectivity index (χ1) is 9.73. The number of hydrogen-bond acceptors (Lipinski definition) is 2. The summed E-state index contributed by atoms with van der Waals surface area (Å²) in [5.74, 6) is 0.896. The highest BCUT2D eigenvalue weighted by Crippen LogP contribution is 2.39. The van der Waals surface area contributed by atoms with E-state index in [9.17, 15) is 5.11 Å². The van der Waals surface area contributed by atoms with E-state index in [2.05, 4.69) is 18.2 Å². The minimum Gasteiger partial charge on any atom is -0.493 e. The summed E-state index contributed by atoms with van der Waals surface area (Å²) in [5.41, 5.74) is 2.42. The largest absolute Gasteiger partial charge is 0.493 e. The highest BCUT2D eigenvalue weighted by molar-refractivity contribution is 5.47. The van der Waals surface area contributed by atoms with E-state index < -0.39 is 5.60 Å². The first-order valence-corrected chi connectivity index (χ1v) is 7.24. The van der Waals surface area contributed by atoms with Crippen LogP contribution in [0.5, 0.6) is 5.75 Å². The maximum atomic E-state index is 11.1. The molecule has 1 aliphatic rings. The molecule has 0 aromatic heterocycles. The zero-order chi connectivity index (χ0) is 14.0. The zero-order valence-electron chi connectivity index (χ0n) is 11.8. The second-order valence-corrected chi connectivity index (χ2v) is 5.44. The van der Waals surface area contributed by atoms with Gasteiger partial charge in [0.1, 0.15) is 5.75 Å². The topological polar surface area (TPSA) is 29.5 Å². The van der Waals surface area contributed by atoms with Gasteiger partial charge in [0.15, 0.2) is 0 Å². The molecule has 0 bridgehead atoms. The van der Waals surface area contributed by atoms with Gasteiger partial charge in [-0.25, -0.2) is 0 Å². The number of ether oxygens (including phenoxy) is 1. The Morgan fingerprint density at radius 3 is 2.65 bits per heavy atom. The lowest BCUT2D eigenvalue weighted by atomic mass is 9.83. The van der Waals surface area contributed by atoms with Gasteiger partial charge >= 0.3 is 0 Å². The van der Waals surface area contributed by atoms with Crippen LogP contribution >= 0.6 is 0 Å². The second kappa shape index (κ2) is 5.29. The van der Waals surface area contributed by atoms with Crippen LogP contribution in [0, 0.1) is 0 Å². The number of fused-ring (bicyclic) bond motifs is 1. The van der Waals surface area contributed by atoms with Crippen molar-refractivity contribution in [2.75, 3.05) is 6.61 Å². The van der Waals surface area contributed by atoms with Crippen molar-refractivity contribution in [3.05, 3.63) is 65.2 Å². The molecule has 3 rings (SSSR count). The van der Waals surface area contributed by atoms with Crippen LogP contribution in [0.15, 0.2) is 48.5 Å². The number of benzene rings is 2. The van der Waals surface area contributed by atoms with Crippen LogP contribution in [0.1, 0.15) is 30.0 Å². The molecule has 0 saturated heterocycles. The van der Waals surface area contributed by atoms with Crippen molar-refractivity contribution in [2.45, 2.75) is 31.8 Å². The minimum absolute atomic E-state index is 0.615. The lowest BCUT2D eigenvalue weighted by molar-refractivity contribution is 0.0303. The molecule has 0 saturated carbocycles. The van der Waals surface area contributed by atoms with E-state index in [-0.39, 0.29) is 0 Å². The maximum Gasteiger partial charge on any atom is 0.128 e. The molecule has 0 fully saturated rings. The van der Waals surface area contributed by atoms with Gasteiger partial charge in [0, 0.05) is 18.4 Å². The standard InChI is InChI=1S/C18H20O2/c1-2-18(19,13-14-7-4-3-5-8-14)16-10-6-9-15-11-12-20-17(15)16/h3-10,19H,2,11-13H2,1H3. The Morgan fingerprint density at radius 1 is 1.10 bits per heavy atom. The van der Waals surface area contributed by atoms with E-state index in [1.807, 2.05) is 37.3 Å². The van der Waals surface area contributed by atoms with Crippen LogP contribution in [0.4, 0.5) is 0 Å². The van der Waals surface area contributed by atoms with Crippen molar-refractivity contribution >= 4 is 0 Å². The molecule has 20 heavy (non-hydrogen) atoms. The fourth-order valence-corrected chi connectivity index (χ4v) is 2.93. The monoisotopic (exact) mass is 268 g/mol. The van der Waals surface area contributed by atoms with E-state index in [0.29, 0.717) is 12.8 Å². The predicted molar refractivity (Wildman–Crippen MR) is 80.0 cm³/mol. The molecule has 1 unspecified atom stereocenters. The zero-order valence-corrected chi connectivity index (χ0v) is 11.8. The van der Waals surface area contributed by atoms with Crippen LogP contribution in [0.3, 0.4) is 0 Å². The van der Waals surface area contributed by atoms with E-state index in [1.165, 1.54) is 5.56 Å². The van der Waals surface area contributed by atoms with Crippen molar-refractivity contribution < 1.29 is 9.84 Å². The molecule has 2 aromatic rings. The minimum atomic E-state index is -0.864. The lowest BCUT2D eigenvalue weighted by Crippen LogP contribution is -2.28. The molecule has 2 nitrogen and oxygen atoms in total. The van der Waals surface area contributed by atoms with Gasteiger partial charge < -0.3 is 9.84 Å². The molecule has 1 N–H and O–H groups in total. The molecule has 1 heterocycles. The summed E-state index contributed by atoms with van der Waals surface area (Å²) in [6, 6.07) is 16.2. The molecule has 1 atom stereocenters. The first kappa shape index (κ1) is 13.2. The molecular weight excluding hydrogens is 248 g/mol. The fraction of sp³-hybridized carbons (Fsp3) is 0.333. The second-order valence-electron chi connectivity index (χ2n) is 5.44. The Labute approximate surface area is 120 Å². The number of rotatable bonds is 4. The smallest absolute Gasteiger partial charge is 0.128 e. The van der Waals surface area contributed by atoms with Crippen LogP contribution in [-0.4, -0.2) is 11.7 Å². The Hall–Kier alpha value is -1.80. The number of para-hydroxylation sites is 1. The number of aliphatic hydroxyl groups is 1. The molecular formula is C18H20O2. The summed E-state index contributed by atoms with van der Waals surface area (Å²) in [4.78, 5) is 0. The van der Waals surface area contributed by atoms with Gasteiger partial charge in [0.2, 0.25) is 0 Å². The van der Waals surface area contributed by atoms with Gasteiger partial charge in [-0.15, -0.1) is 0 Å². The molecule has 0 aliphatic carbocycles. The Balaban J connectivity index is 1.99. The molecule has 0 radical (unpaired) electrons. The Morgan fingerprint density at radius 2 is 1.90 bits per heavy atom. The SMILES string of the molecule is CCC(O)(Cc1ccccc1)c1cccc2c1OCC2. The number of hydrogen-bond donors (Lipinski definition) is 1. The lowest BCUT2D eigenvalue weighted by Gasteiger charge is -2.29. The average molecular weight is 268 g/mol. The van der Waals surface area contributed by atoms with Crippen molar-refractivity contribution in [3.8, 4) is 5.75 Å². The highest BCUT2D eigenvalue weighted by atomic mass is 16.5. The molecule has 2 aromatic carbocycles. The van der Waals surface area contributed by atoms with E-state index in [1.54, 1.807) is 0 Å². The third kappa shape index (κ3) is 2.32. The highest BCUT2D eigenvalue weighted by Gasteiger charge is 2.33. The molecule has 2 heteroatoms. The summed E-state index contributed by atoms with van der Waals surface area (Å²) < 4.78 is 5.76. The quantitative estimate of drug-likeness (QED) is 0.920. The third-order valence-corrected chi connectivity index (χ3v) is 4.14. The molecule has 0 amide bonds. The van der Waals surface area contributed by atoms with Crippen LogP contribution in [-0.2, 0) is 18.4 Å². The molecule has 0 spiro atoms. The first-order valence-electron chi connectivity index (χ1n) is 7.24. The average Bonchev–Trinajstić information content (AvgIpc) is 2.96. The Bertz CT molecular complexity index is 592. The normalized spacial score (nSPS) is 16.3. The van der Waals surface area contributed by atoms with Crippen molar-refractivity contribution in [1.82, 2.24) is 0 Å². The molecule has 104 valence electrons. The molecule has 1 aliphatic heterocycles. The van der Waals surface area contributed by atoms with Crippen molar-refractivity contribution in [3.63, 3.8) is 0 Å². The van der Waals surface area contributed by atoms with Gasteiger partial charge in [0.25, 0.3) is 0 Å². The van der Waals surface area contributed by atoms with Crippen LogP contribution in [0.25, 0.3) is 0 Å². The van der Waals surface area contributed by atoms with Gasteiger partial charge in [-0.1, -0.05) is 55.5 Å². The van der Waals surface area contributed by atoms with Crippen LogP contribution in [0.2, 0.25) is 0 Å². The van der Waals surface area contributed by atoms with E-state index >= 15 is 0 Å². The van der Waals surface area contributed by atoms with Crippen molar-refractivity contribution in [2.24, 2.45) is 0 Å². The van der Waals surface area contributed by atoms with E-state index in [0.717, 1.165) is 29.9 Å². The Kier molecular flexibility index (Phi) is 3.49. The fourth-order valence-electron chi connectivity index (χ4n) is 2.93. The summed E-state index contributed by atoms with van der Waals surface area (Å²) in [7, 11) is 0. The van der Waals surface area contributed by atoms with Crippen LogP contribution < -0.4 is 4.74 Å². The summed E-state index contributed by atoms with van der Waals surface area (Å²) in [6.07, 6.45) is 2.22. The van der Waals surface area contributed by atoms with Gasteiger partial charge in [-0.2, -0.15) is 0 Å². The maximum absolute atomic E-state index is 11.1. The van der Waals surface area contributed by atoms with Crippen molar-refractivity contribution in [1.29, 1.82) is 0 Å². The summed E-state index contributed by atoms with van der Waals surface area (Å²) in [5, 5.41) is 11.1. The van der Waals surface area contributed by atoms with Gasteiger partial charge in [-0.05, 0) is 17.5 Å². The van der Waals surface area contributed by atoms with Gasteiger partial charge in [-0.3, -0.25) is 0 Å². The van der Waals surface area contributed by atoms with E-state index in [4.69, 9.17) is 4.74 Å². The third-order valence-electron chi connectivity index (χ3n) is 4.14. The summed E-state index contributed by atoms with van der Waals surface area (Å²) >= 11 is 0. The van der Waals surface area contributed by atoms with Gasteiger partial charge in [0.05, 0.1) is 12.2 Å². The summed E-state index contributed by atoms with van der Waals surface area (Å²) in [6.45, 7) is 2.74.